The van der Waals surface area contributed by atoms with E-state index in [1.165, 1.54) is 0 Å². The number of aromatic amines is 1. The summed E-state index contributed by atoms with van der Waals surface area (Å²) in [5.74, 6) is 0.674. The zero-order chi connectivity index (χ0) is 17.4. The Morgan fingerprint density at radius 2 is 2.17 bits per heavy atom. The molecule has 1 unspecified atom stereocenters. The zero-order valence-corrected chi connectivity index (χ0v) is 15.0. The van der Waals surface area contributed by atoms with Crippen LogP contribution in [0.25, 0.3) is 10.9 Å². The van der Waals surface area contributed by atoms with Crippen molar-refractivity contribution >= 4 is 40.0 Å². The quantitative estimate of drug-likeness (QED) is 0.743. The lowest BCUT2D eigenvalue weighted by Gasteiger charge is -2.11. The van der Waals surface area contributed by atoms with Gasteiger partial charge in [-0.1, -0.05) is 30.1 Å². The molecule has 2 N–H and O–H groups in total. The third-order valence-corrected chi connectivity index (χ3v) is 4.56. The second-order valence-corrected chi connectivity index (χ2v) is 6.69. The van der Waals surface area contributed by atoms with Gasteiger partial charge in [0.15, 0.2) is 0 Å². The molecule has 2 heterocycles. The highest BCUT2D eigenvalue weighted by molar-refractivity contribution is 6.39. The molecule has 0 aliphatic rings. The van der Waals surface area contributed by atoms with Crippen LogP contribution < -0.4 is 5.32 Å². The number of fused-ring (bicyclic) bond motifs is 1. The van der Waals surface area contributed by atoms with Gasteiger partial charge in [0.25, 0.3) is 5.91 Å². The molecule has 6 nitrogen and oxygen atoms in total. The lowest BCUT2D eigenvalue weighted by Crippen LogP contribution is -2.29. The second kappa shape index (κ2) is 6.45. The number of nitrogens with zero attached hydrogens (tertiary/aromatic N) is 3. The lowest BCUT2D eigenvalue weighted by molar-refractivity contribution is 0.0946. The van der Waals surface area contributed by atoms with E-state index in [1.807, 2.05) is 25.5 Å². The number of aryl methyl sites for hydroxylation is 2. The maximum Gasteiger partial charge on any atom is 0.268 e. The standard InChI is InChI=1S/C16H17Cl2N5O/c1-8(15-22-20-7-23(15)3)6-19-16(24)14-9(2)13-11(18)4-10(17)5-12(13)21-14/h4-5,7-8,21H,6H2,1-3H3,(H,19,24). The summed E-state index contributed by atoms with van der Waals surface area (Å²) in [6.45, 7) is 4.30. The van der Waals surface area contributed by atoms with Crippen molar-refractivity contribution < 1.29 is 4.79 Å². The molecule has 3 rings (SSSR count). The first-order valence-corrected chi connectivity index (χ1v) is 8.23. The molecule has 0 aliphatic carbocycles. The van der Waals surface area contributed by atoms with Crippen LogP contribution in [0.2, 0.25) is 10.0 Å². The van der Waals surface area contributed by atoms with Gasteiger partial charge in [0.2, 0.25) is 0 Å². The van der Waals surface area contributed by atoms with Crippen LogP contribution >= 0.6 is 23.2 Å². The summed E-state index contributed by atoms with van der Waals surface area (Å²) in [5, 5.41) is 12.7. The molecule has 0 fully saturated rings. The Morgan fingerprint density at radius 1 is 1.42 bits per heavy atom. The van der Waals surface area contributed by atoms with Gasteiger partial charge in [-0.05, 0) is 24.6 Å². The smallest absolute Gasteiger partial charge is 0.268 e. The maximum absolute atomic E-state index is 12.5. The molecular formula is C16H17Cl2N5O. The van der Waals surface area contributed by atoms with Crippen LogP contribution in [0.15, 0.2) is 18.5 Å². The minimum absolute atomic E-state index is 0.0455. The molecule has 1 amide bonds. The number of aromatic nitrogens is 4. The van der Waals surface area contributed by atoms with E-state index in [4.69, 9.17) is 23.2 Å². The van der Waals surface area contributed by atoms with Gasteiger partial charge in [0.05, 0.1) is 5.02 Å². The Kier molecular flexibility index (Phi) is 4.51. The average Bonchev–Trinajstić information content (AvgIpc) is 3.08. The van der Waals surface area contributed by atoms with E-state index in [9.17, 15) is 4.79 Å². The highest BCUT2D eigenvalue weighted by atomic mass is 35.5. The van der Waals surface area contributed by atoms with Crippen molar-refractivity contribution in [1.82, 2.24) is 25.1 Å². The van der Waals surface area contributed by atoms with Gasteiger partial charge in [0.1, 0.15) is 17.8 Å². The molecule has 0 aliphatic heterocycles. The van der Waals surface area contributed by atoms with Crippen LogP contribution in [0.1, 0.15) is 34.7 Å². The fourth-order valence-electron chi connectivity index (χ4n) is 2.80. The van der Waals surface area contributed by atoms with Gasteiger partial charge in [-0.15, -0.1) is 10.2 Å². The van der Waals surface area contributed by atoms with Crippen LogP contribution in [0.4, 0.5) is 0 Å². The summed E-state index contributed by atoms with van der Waals surface area (Å²) in [7, 11) is 1.88. The van der Waals surface area contributed by atoms with Crippen molar-refractivity contribution in [1.29, 1.82) is 0 Å². The van der Waals surface area contributed by atoms with E-state index < -0.39 is 0 Å². The van der Waals surface area contributed by atoms with Crippen molar-refractivity contribution in [3.8, 4) is 0 Å². The summed E-state index contributed by atoms with van der Waals surface area (Å²) in [6, 6.07) is 3.43. The van der Waals surface area contributed by atoms with Gasteiger partial charge in [-0.2, -0.15) is 0 Å². The lowest BCUT2D eigenvalue weighted by atomic mass is 10.1. The molecule has 8 heteroatoms. The minimum atomic E-state index is -0.190. The van der Waals surface area contributed by atoms with Crippen LogP contribution in [-0.2, 0) is 7.05 Å². The second-order valence-electron chi connectivity index (χ2n) is 5.85. The van der Waals surface area contributed by atoms with Gasteiger partial charge >= 0.3 is 0 Å². The van der Waals surface area contributed by atoms with Gasteiger partial charge in [0, 0.05) is 35.4 Å². The van der Waals surface area contributed by atoms with Crippen molar-refractivity contribution in [2.24, 2.45) is 7.05 Å². The summed E-state index contributed by atoms with van der Waals surface area (Å²) < 4.78 is 1.84. The van der Waals surface area contributed by atoms with Crippen LogP contribution in [0.5, 0.6) is 0 Å². The van der Waals surface area contributed by atoms with Crippen molar-refractivity contribution in [3.05, 3.63) is 45.6 Å². The largest absolute Gasteiger partial charge is 0.350 e. The number of H-pyrrole nitrogens is 1. The van der Waals surface area contributed by atoms with Gasteiger partial charge in [-0.25, -0.2) is 0 Å². The number of carbonyl (C=O) groups is 1. The molecule has 1 aromatic carbocycles. The molecule has 0 spiro atoms. The SMILES string of the molecule is Cc1c(C(=O)NCC(C)c2nncn2C)[nH]c2cc(Cl)cc(Cl)c12. The number of amides is 1. The monoisotopic (exact) mass is 365 g/mol. The molecule has 126 valence electrons. The summed E-state index contributed by atoms with van der Waals surface area (Å²) >= 11 is 12.3. The molecule has 0 saturated carbocycles. The molecule has 0 radical (unpaired) electrons. The van der Waals surface area contributed by atoms with Crippen molar-refractivity contribution in [2.45, 2.75) is 19.8 Å². The summed E-state index contributed by atoms with van der Waals surface area (Å²) in [5.41, 5.74) is 2.03. The molecule has 1 atom stereocenters. The van der Waals surface area contributed by atoms with Crippen LogP contribution in [0.3, 0.4) is 0 Å². The molecule has 0 bridgehead atoms. The number of carbonyl (C=O) groups excluding carboxylic acids is 1. The number of halogens is 2. The highest BCUT2D eigenvalue weighted by Crippen LogP contribution is 2.32. The van der Waals surface area contributed by atoms with E-state index in [-0.39, 0.29) is 11.8 Å². The maximum atomic E-state index is 12.5. The van der Waals surface area contributed by atoms with E-state index in [2.05, 4.69) is 20.5 Å². The Labute approximate surface area is 149 Å². The minimum Gasteiger partial charge on any atom is -0.350 e. The zero-order valence-electron chi connectivity index (χ0n) is 13.5. The van der Waals surface area contributed by atoms with Crippen molar-refractivity contribution in [2.75, 3.05) is 6.54 Å². The van der Waals surface area contributed by atoms with E-state index in [1.54, 1.807) is 18.5 Å². The normalized spacial score (nSPS) is 12.5. The Bertz CT molecular complexity index is 915. The molecule has 0 saturated heterocycles. The van der Waals surface area contributed by atoms with Crippen LogP contribution in [-0.4, -0.2) is 32.2 Å². The topological polar surface area (TPSA) is 75.6 Å². The summed E-state index contributed by atoms with van der Waals surface area (Å²) in [4.78, 5) is 15.6. The number of benzene rings is 1. The number of hydrogen-bond donors (Lipinski definition) is 2. The molecule has 24 heavy (non-hydrogen) atoms. The third kappa shape index (κ3) is 2.99. The van der Waals surface area contributed by atoms with E-state index in [0.29, 0.717) is 22.3 Å². The Balaban J connectivity index is 1.81. The fourth-order valence-corrected chi connectivity index (χ4v) is 3.43. The first-order valence-electron chi connectivity index (χ1n) is 7.48. The highest BCUT2D eigenvalue weighted by Gasteiger charge is 2.19. The molecule has 3 aromatic rings. The average molecular weight is 366 g/mol. The molecular weight excluding hydrogens is 349 g/mol. The number of hydrogen-bond acceptors (Lipinski definition) is 3. The van der Waals surface area contributed by atoms with Crippen LogP contribution in [0, 0.1) is 6.92 Å². The van der Waals surface area contributed by atoms with Gasteiger partial charge in [-0.3, -0.25) is 4.79 Å². The molecule has 2 aromatic heterocycles. The predicted molar refractivity (Wildman–Crippen MR) is 94.8 cm³/mol. The Hall–Kier alpha value is -2.05. The third-order valence-electron chi connectivity index (χ3n) is 4.05. The number of nitrogens with one attached hydrogen (secondary N) is 2. The first-order chi connectivity index (χ1) is 11.4. The van der Waals surface area contributed by atoms with E-state index in [0.717, 1.165) is 22.3 Å². The van der Waals surface area contributed by atoms with Crippen molar-refractivity contribution in [3.63, 3.8) is 0 Å². The predicted octanol–water partition coefficient (Wildman–Crippen LogP) is 3.45. The Morgan fingerprint density at radius 3 is 2.83 bits per heavy atom. The van der Waals surface area contributed by atoms with Gasteiger partial charge < -0.3 is 14.9 Å². The first kappa shape index (κ1) is 16.8. The van der Waals surface area contributed by atoms with E-state index >= 15 is 0 Å². The number of rotatable bonds is 4. The fraction of sp³-hybridized carbons (Fsp3) is 0.312. The summed E-state index contributed by atoms with van der Waals surface area (Å²) in [6.07, 6.45) is 1.64.